The van der Waals surface area contributed by atoms with Gasteiger partial charge < -0.3 is 10.1 Å². The molecule has 2 rings (SSSR count). The van der Waals surface area contributed by atoms with Gasteiger partial charge in [-0.1, -0.05) is 39.0 Å². The van der Waals surface area contributed by atoms with Crippen molar-refractivity contribution in [1.29, 1.82) is 0 Å². The highest BCUT2D eigenvalue weighted by Gasteiger charge is 2.12. The fourth-order valence-electron chi connectivity index (χ4n) is 2.13. The van der Waals surface area contributed by atoms with Gasteiger partial charge in [0.15, 0.2) is 0 Å². The fraction of sp³-hybridized carbons (Fsp3) is 0.471. The average molecular weight is 272 g/mol. The topological polar surface area (TPSA) is 34.2 Å². The summed E-state index contributed by atoms with van der Waals surface area (Å²) in [5.74, 6) is 0.740. The minimum absolute atomic E-state index is 0.280. The van der Waals surface area contributed by atoms with Crippen LogP contribution in [0.4, 0.5) is 0 Å². The first-order valence-corrected chi connectivity index (χ1v) is 7.15. The van der Waals surface area contributed by atoms with Gasteiger partial charge in [-0.15, -0.1) is 0 Å². The zero-order valence-electron chi connectivity index (χ0n) is 12.9. The SMILES string of the molecule is CNCc1cnc(OCCC(C)(C)C)c2ccccc12. The molecule has 0 saturated carbocycles. The molecule has 3 nitrogen and oxygen atoms in total. The van der Waals surface area contributed by atoms with Crippen molar-refractivity contribution >= 4 is 10.8 Å². The summed E-state index contributed by atoms with van der Waals surface area (Å²) < 4.78 is 5.90. The molecular weight excluding hydrogens is 248 g/mol. The molecule has 1 N–H and O–H groups in total. The Labute approximate surface area is 121 Å². The highest BCUT2D eigenvalue weighted by atomic mass is 16.5. The Kier molecular flexibility index (Phi) is 4.61. The molecule has 0 unspecified atom stereocenters. The van der Waals surface area contributed by atoms with Crippen molar-refractivity contribution in [3.05, 3.63) is 36.0 Å². The minimum atomic E-state index is 0.280. The number of benzene rings is 1. The van der Waals surface area contributed by atoms with E-state index in [9.17, 15) is 0 Å². The Morgan fingerprint density at radius 3 is 2.50 bits per heavy atom. The first kappa shape index (κ1) is 14.8. The second kappa shape index (κ2) is 6.23. The minimum Gasteiger partial charge on any atom is -0.477 e. The lowest BCUT2D eigenvalue weighted by Crippen LogP contribution is -2.12. The van der Waals surface area contributed by atoms with Crippen LogP contribution in [-0.4, -0.2) is 18.6 Å². The Bertz CT molecular complexity index is 573. The summed E-state index contributed by atoms with van der Waals surface area (Å²) in [5.41, 5.74) is 1.48. The number of hydrogen-bond acceptors (Lipinski definition) is 3. The molecule has 3 heteroatoms. The maximum absolute atomic E-state index is 5.90. The van der Waals surface area contributed by atoms with Crippen LogP contribution in [0.1, 0.15) is 32.8 Å². The maximum atomic E-state index is 5.90. The molecule has 1 aromatic carbocycles. The smallest absolute Gasteiger partial charge is 0.221 e. The van der Waals surface area contributed by atoms with E-state index in [1.807, 2.05) is 19.3 Å². The van der Waals surface area contributed by atoms with Gasteiger partial charge in [0.1, 0.15) is 0 Å². The first-order valence-electron chi connectivity index (χ1n) is 7.15. The molecule has 0 saturated heterocycles. The second-order valence-corrected chi connectivity index (χ2v) is 6.32. The molecule has 0 atom stereocenters. The van der Waals surface area contributed by atoms with Gasteiger partial charge in [-0.3, -0.25) is 0 Å². The van der Waals surface area contributed by atoms with E-state index in [0.29, 0.717) is 6.61 Å². The molecule has 2 aromatic rings. The Morgan fingerprint density at radius 2 is 1.85 bits per heavy atom. The Balaban J connectivity index is 2.24. The van der Waals surface area contributed by atoms with Crippen LogP contribution >= 0.6 is 0 Å². The number of nitrogens with zero attached hydrogens (tertiary/aromatic N) is 1. The third-order valence-corrected chi connectivity index (χ3v) is 3.30. The molecular formula is C17H24N2O. The summed E-state index contributed by atoms with van der Waals surface area (Å²) in [7, 11) is 1.95. The van der Waals surface area contributed by atoms with Crippen LogP contribution in [0.2, 0.25) is 0 Å². The first-order chi connectivity index (χ1) is 9.51. The van der Waals surface area contributed by atoms with E-state index >= 15 is 0 Å². The zero-order chi connectivity index (χ0) is 14.6. The second-order valence-electron chi connectivity index (χ2n) is 6.32. The molecule has 1 aromatic heterocycles. The number of fused-ring (bicyclic) bond motifs is 1. The van der Waals surface area contributed by atoms with Crippen LogP contribution in [0, 0.1) is 5.41 Å². The van der Waals surface area contributed by atoms with Gasteiger partial charge in [0, 0.05) is 18.1 Å². The number of ether oxygens (including phenoxy) is 1. The normalized spacial score (nSPS) is 11.8. The van der Waals surface area contributed by atoms with Crippen molar-refractivity contribution in [1.82, 2.24) is 10.3 Å². The van der Waals surface area contributed by atoms with Crippen LogP contribution in [0.5, 0.6) is 5.88 Å². The Morgan fingerprint density at radius 1 is 1.15 bits per heavy atom. The summed E-state index contributed by atoms with van der Waals surface area (Å²) in [4.78, 5) is 4.48. The van der Waals surface area contributed by atoms with Crippen molar-refractivity contribution < 1.29 is 4.74 Å². The number of rotatable bonds is 5. The van der Waals surface area contributed by atoms with E-state index < -0.39 is 0 Å². The van der Waals surface area contributed by atoms with Crippen molar-refractivity contribution in [2.45, 2.75) is 33.7 Å². The third-order valence-electron chi connectivity index (χ3n) is 3.30. The van der Waals surface area contributed by atoms with Crippen molar-refractivity contribution in [3.63, 3.8) is 0 Å². The molecule has 0 amide bonds. The van der Waals surface area contributed by atoms with E-state index in [4.69, 9.17) is 4.74 Å². The fourth-order valence-corrected chi connectivity index (χ4v) is 2.13. The lowest BCUT2D eigenvalue weighted by atomic mass is 9.93. The van der Waals surface area contributed by atoms with Crippen LogP contribution in [0.25, 0.3) is 10.8 Å². The number of hydrogen-bond donors (Lipinski definition) is 1. The van der Waals surface area contributed by atoms with Crippen LogP contribution in [0.3, 0.4) is 0 Å². The van der Waals surface area contributed by atoms with E-state index in [2.05, 4.69) is 49.3 Å². The number of pyridine rings is 1. The predicted octanol–water partition coefficient (Wildman–Crippen LogP) is 3.77. The van der Waals surface area contributed by atoms with E-state index in [-0.39, 0.29) is 5.41 Å². The quantitative estimate of drug-likeness (QED) is 0.899. The van der Waals surface area contributed by atoms with Gasteiger partial charge in [-0.25, -0.2) is 4.98 Å². The van der Waals surface area contributed by atoms with Gasteiger partial charge in [0.05, 0.1) is 6.61 Å². The van der Waals surface area contributed by atoms with Crippen LogP contribution in [0.15, 0.2) is 30.5 Å². The molecule has 0 fully saturated rings. The standard InChI is InChI=1S/C17H24N2O/c1-17(2,3)9-10-20-16-15-8-6-5-7-14(15)13(11-18-4)12-19-16/h5-8,12,18H,9-11H2,1-4H3. The number of nitrogens with one attached hydrogen (secondary N) is 1. The number of aromatic nitrogens is 1. The molecule has 1 heterocycles. The van der Waals surface area contributed by atoms with Gasteiger partial charge in [-0.05, 0) is 35.9 Å². The molecule has 0 aliphatic rings. The van der Waals surface area contributed by atoms with Crippen LogP contribution < -0.4 is 10.1 Å². The molecule has 0 bridgehead atoms. The molecule has 0 spiro atoms. The van der Waals surface area contributed by atoms with Crippen LogP contribution in [-0.2, 0) is 6.54 Å². The maximum Gasteiger partial charge on any atom is 0.221 e. The van der Waals surface area contributed by atoms with Crippen molar-refractivity contribution in [2.24, 2.45) is 5.41 Å². The largest absolute Gasteiger partial charge is 0.477 e. The lowest BCUT2D eigenvalue weighted by Gasteiger charge is -2.18. The van der Waals surface area contributed by atoms with E-state index in [1.165, 1.54) is 10.9 Å². The summed E-state index contributed by atoms with van der Waals surface area (Å²) in [6.45, 7) is 8.18. The third kappa shape index (κ3) is 3.70. The lowest BCUT2D eigenvalue weighted by molar-refractivity contribution is 0.238. The van der Waals surface area contributed by atoms with E-state index in [0.717, 1.165) is 24.2 Å². The monoisotopic (exact) mass is 272 g/mol. The summed E-state index contributed by atoms with van der Waals surface area (Å²) >= 11 is 0. The highest BCUT2D eigenvalue weighted by molar-refractivity contribution is 5.89. The Hall–Kier alpha value is -1.61. The van der Waals surface area contributed by atoms with Gasteiger partial charge in [0.2, 0.25) is 5.88 Å². The molecule has 108 valence electrons. The molecule has 0 aliphatic carbocycles. The van der Waals surface area contributed by atoms with Crippen molar-refractivity contribution in [3.8, 4) is 5.88 Å². The van der Waals surface area contributed by atoms with E-state index in [1.54, 1.807) is 0 Å². The highest BCUT2D eigenvalue weighted by Crippen LogP contribution is 2.27. The molecule has 0 aliphatic heterocycles. The van der Waals surface area contributed by atoms with Gasteiger partial charge in [0.25, 0.3) is 0 Å². The van der Waals surface area contributed by atoms with Gasteiger partial charge >= 0.3 is 0 Å². The summed E-state index contributed by atoms with van der Waals surface area (Å²) in [5, 5.41) is 5.48. The zero-order valence-corrected chi connectivity index (χ0v) is 12.9. The summed E-state index contributed by atoms with van der Waals surface area (Å²) in [6.07, 6.45) is 2.92. The predicted molar refractivity (Wildman–Crippen MR) is 84.1 cm³/mol. The summed E-state index contributed by atoms with van der Waals surface area (Å²) in [6, 6.07) is 8.29. The molecule has 20 heavy (non-hydrogen) atoms. The van der Waals surface area contributed by atoms with Gasteiger partial charge in [-0.2, -0.15) is 0 Å². The molecule has 0 radical (unpaired) electrons. The average Bonchev–Trinajstić information content (AvgIpc) is 2.40. The van der Waals surface area contributed by atoms with Crippen molar-refractivity contribution in [2.75, 3.05) is 13.7 Å².